The average Bonchev–Trinajstić information content (AvgIpc) is 2.61. The molecule has 2 fully saturated rings. The van der Waals surface area contributed by atoms with Gasteiger partial charge in [0.05, 0.1) is 11.5 Å². The fourth-order valence-corrected chi connectivity index (χ4v) is 3.62. The Morgan fingerprint density at radius 3 is 2.77 bits per heavy atom. The van der Waals surface area contributed by atoms with Gasteiger partial charge < -0.3 is 15.1 Å². The van der Waals surface area contributed by atoms with Crippen LogP contribution in [0.5, 0.6) is 0 Å². The lowest BCUT2D eigenvalue weighted by Crippen LogP contribution is -2.57. The van der Waals surface area contributed by atoms with Gasteiger partial charge >= 0.3 is 0 Å². The van der Waals surface area contributed by atoms with Crippen LogP contribution in [-0.4, -0.2) is 65.3 Å². The number of carbonyl (C=O) groups is 2. The Hall–Kier alpha value is -1.90. The number of piperazine rings is 1. The van der Waals surface area contributed by atoms with Crippen molar-refractivity contribution in [2.24, 2.45) is 0 Å². The summed E-state index contributed by atoms with van der Waals surface area (Å²) in [6, 6.07) is 3.89. The van der Waals surface area contributed by atoms with Crippen LogP contribution in [0.3, 0.4) is 0 Å². The van der Waals surface area contributed by atoms with Crippen molar-refractivity contribution in [1.29, 1.82) is 0 Å². The Labute approximate surface area is 162 Å². The summed E-state index contributed by atoms with van der Waals surface area (Å²) in [6.07, 6.45) is 1.64. The average molecular weight is 403 g/mol. The van der Waals surface area contributed by atoms with Gasteiger partial charge in [-0.15, -0.1) is 12.4 Å². The summed E-state index contributed by atoms with van der Waals surface area (Å²) in [5, 5.41) is 14.2. The molecule has 2 aliphatic rings. The summed E-state index contributed by atoms with van der Waals surface area (Å²) in [7, 11) is 0. The van der Waals surface area contributed by atoms with Gasteiger partial charge in [0.2, 0.25) is 5.91 Å². The number of likely N-dealkylation sites (tertiary alicyclic amines) is 1. The number of nitrogens with one attached hydrogen (secondary N) is 1. The van der Waals surface area contributed by atoms with E-state index in [1.807, 2.05) is 4.90 Å². The van der Waals surface area contributed by atoms with Crippen LogP contribution >= 0.6 is 24.0 Å². The predicted octanol–water partition coefficient (Wildman–Crippen LogP) is 1.71. The molecule has 0 saturated carbocycles. The van der Waals surface area contributed by atoms with Crippen LogP contribution in [-0.2, 0) is 4.79 Å². The van der Waals surface area contributed by atoms with Crippen molar-refractivity contribution in [3.63, 3.8) is 0 Å². The molecule has 2 heterocycles. The molecule has 2 saturated heterocycles. The zero-order valence-corrected chi connectivity index (χ0v) is 15.6. The molecule has 1 aromatic carbocycles. The largest absolute Gasteiger partial charge is 0.337 e. The van der Waals surface area contributed by atoms with Crippen molar-refractivity contribution in [2.45, 2.75) is 18.9 Å². The van der Waals surface area contributed by atoms with Gasteiger partial charge in [-0.3, -0.25) is 19.7 Å². The molecule has 1 atom stereocenters. The highest BCUT2D eigenvalue weighted by Crippen LogP contribution is 2.24. The minimum Gasteiger partial charge on any atom is -0.337 e. The summed E-state index contributed by atoms with van der Waals surface area (Å²) < 4.78 is 0. The second-order valence-corrected chi connectivity index (χ2v) is 6.70. The Bertz CT molecular complexity index is 715. The molecule has 0 bridgehead atoms. The van der Waals surface area contributed by atoms with E-state index in [1.165, 1.54) is 18.2 Å². The van der Waals surface area contributed by atoms with Crippen LogP contribution < -0.4 is 5.32 Å². The summed E-state index contributed by atoms with van der Waals surface area (Å²) in [5.41, 5.74) is -0.00632. The molecule has 26 heavy (non-hydrogen) atoms. The quantitative estimate of drug-likeness (QED) is 0.612. The number of hydrogen-bond acceptors (Lipinski definition) is 5. The van der Waals surface area contributed by atoms with Gasteiger partial charge in [-0.25, -0.2) is 0 Å². The minimum absolute atomic E-state index is 0. The molecule has 142 valence electrons. The SMILES string of the molecule is Cl.O=C(c1cc(Cl)cc([N+](=O)[O-])c1)N1CCCC(N2CCNCC2=O)C1. The van der Waals surface area contributed by atoms with Crippen LogP contribution in [0, 0.1) is 10.1 Å². The maximum Gasteiger partial charge on any atom is 0.271 e. The van der Waals surface area contributed by atoms with Gasteiger partial charge in [-0.1, -0.05) is 11.6 Å². The highest BCUT2D eigenvalue weighted by molar-refractivity contribution is 6.31. The van der Waals surface area contributed by atoms with Crippen molar-refractivity contribution in [3.05, 3.63) is 38.9 Å². The highest BCUT2D eigenvalue weighted by atomic mass is 35.5. The molecular weight excluding hydrogens is 383 g/mol. The number of carbonyl (C=O) groups excluding carboxylic acids is 2. The molecule has 0 aromatic heterocycles. The van der Waals surface area contributed by atoms with E-state index in [0.29, 0.717) is 26.2 Å². The van der Waals surface area contributed by atoms with Crippen LogP contribution in [0.2, 0.25) is 5.02 Å². The number of halogens is 2. The van der Waals surface area contributed by atoms with Gasteiger partial charge in [0, 0.05) is 54.9 Å². The van der Waals surface area contributed by atoms with Gasteiger partial charge in [0.1, 0.15) is 0 Å². The number of non-ortho nitro benzene ring substituents is 1. The lowest BCUT2D eigenvalue weighted by Gasteiger charge is -2.41. The van der Waals surface area contributed by atoms with E-state index in [0.717, 1.165) is 19.4 Å². The first kappa shape index (κ1) is 20.4. The van der Waals surface area contributed by atoms with E-state index in [-0.39, 0.29) is 46.5 Å². The fourth-order valence-electron chi connectivity index (χ4n) is 3.39. The summed E-state index contributed by atoms with van der Waals surface area (Å²) in [5.74, 6) is -0.248. The number of nitrogens with zero attached hydrogens (tertiary/aromatic N) is 3. The molecule has 1 unspecified atom stereocenters. The molecular formula is C16H20Cl2N4O4. The van der Waals surface area contributed by atoms with E-state index in [2.05, 4.69) is 5.32 Å². The monoisotopic (exact) mass is 402 g/mol. The van der Waals surface area contributed by atoms with E-state index < -0.39 is 4.92 Å². The second-order valence-electron chi connectivity index (χ2n) is 6.27. The van der Waals surface area contributed by atoms with E-state index in [1.54, 1.807) is 4.90 Å². The first-order valence-corrected chi connectivity index (χ1v) is 8.58. The maximum atomic E-state index is 12.8. The number of piperidine rings is 1. The van der Waals surface area contributed by atoms with Crippen LogP contribution in [0.4, 0.5) is 5.69 Å². The summed E-state index contributed by atoms with van der Waals surface area (Å²) in [6.45, 7) is 2.70. The van der Waals surface area contributed by atoms with Gasteiger partial charge in [-0.05, 0) is 18.9 Å². The fraction of sp³-hybridized carbons (Fsp3) is 0.500. The van der Waals surface area contributed by atoms with Crippen LogP contribution in [0.1, 0.15) is 23.2 Å². The van der Waals surface area contributed by atoms with E-state index in [9.17, 15) is 19.7 Å². The Kier molecular flexibility index (Phi) is 6.80. The van der Waals surface area contributed by atoms with Crippen molar-refractivity contribution < 1.29 is 14.5 Å². The van der Waals surface area contributed by atoms with Crippen molar-refractivity contribution in [3.8, 4) is 0 Å². The molecule has 2 amide bonds. The predicted molar refractivity (Wildman–Crippen MR) is 98.9 cm³/mol. The Balaban J connectivity index is 0.00000243. The lowest BCUT2D eigenvalue weighted by molar-refractivity contribution is -0.384. The van der Waals surface area contributed by atoms with E-state index >= 15 is 0 Å². The first-order chi connectivity index (χ1) is 12.0. The Morgan fingerprint density at radius 1 is 1.31 bits per heavy atom. The molecule has 0 aliphatic carbocycles. The van der Waals surface area contributed by atoms with Crippen LogP contribution in [0.15, 0.2) is 18.2 Å². The number of nitro benzene ring substituents is 1. The van der Waals surface area contributed by atoms with Gasteiger partial charge in [-0.2, -0.15) is 0 Å². The highest BCUT2D eigenvalue weighted by Gasteiger charge is 2.32. The number of rotatable bonds is 3. The third-order valence-electron chi connectivity index (χ3n) is 4.59. The lowest BCUT2D eigenvalue weighted by atomic mass is 10.0. The smallest absolute Gasteiger partial charge is 0.271 e. The second kappa shape index (κ2) is 8.66. The topological polar surface area (TPSA) is 95.8 Å². The molecule has 3 rings (SSSR count). The van der Waals surface area contributed by atoms with Crippen molar-refractivity contribution >= 4 is 41.5 Å². The zero-order valence-electron chi connectivity index (χ0n) is 14.0. The maximum absolute atomic E-state index is 12.8. The summed E-state index contributed by atoms with van der Waals surface area (Å²) in [4.78, 5) is 38.7. The van der Waals surface area contributed by atoms with E-state index in [4.69, 9.17) is 11.6 Å². The number of nitro groups is 1. The number of amides is 2. The molecule has 10 heteroatoms. The Morgan fingerprint density at radius 2 is 2.08 bits per heavy atom. The number of hydrogen-bond donors (Lipinski definition) is 1. The van der Waals surface area contributed by atoms with Gasteiger partial charge in [0.15, 0.2) is 0 Å². The zero-order chi connectivity index (χ0) is 18.0. The van der Waals surface area contributed by atoms with Crippen molar-refractivity contribution in [2.75, 3.05) is 32.7 Å². The van der Waals surface area contributed by atoms with Crippen molar-refractivity contribution in [1.82, 2.24) is 15.1 Å². The van der Waals surface area contributed by atoms with Gasteiger partial charge in [0.25, 0.3) is 11.6 Å². The van der Waals surface area contributed by atoms with Crippen LogP contribution in [0.25, 0.3) is 0 Å². The number of benzene rings is 1. The summed E-state index contributed by atoms with van der Waals surface area (Å²) >= 11 is 5.91. The molecule has 8 nitrogen and oxygen atoms in total. The molecule has 1 N–H and O–H groups in total. The molecule has 2 aliphatic heterocycles. The molecule has 0 spiro atoms. The molecule has 0 radical (unpaired) electrons. The third kappa shape index (κ3) is 4.44. The molecule has 1 aromatic rings. The normalized spacial score (nSPS) is 20.5. The standard InChI is InChI=1S/C16H19ClN4O4.ClH/c17-12-6-11(7-14(8-12)21(24)25)16(23)19-4-1-2-13(10-19)20-5-3-18-9-15(20)22;/h6-8,13,18H,1-5,9-10H2;1H. The third-order valence-corrected chi connectivity index (χ3v) is 4.81. The first-order valence-electron chi connectivity index (χ1n) is 8.20. The minimum atomic E-state index is -0.568.